The molecule has 2 amide bonds. The molecule has 0 bridgehead atoms. The van der Waals surface area contributed by atoms with E-state index >= 15 is 0 Å². The van der Waals surface area contributed by atoms with Crippen molar-refractivity contribution in [1.29, 1.82) is 0 Å². The van der Waals surface area contributed by atoms with Crippen LogP contribution in [0.1, 0.15) is 37.5 Å². The lowest BCUT2D eigenvalue weighted by molar-refractivity contribution is -0.171. The van der Waals surface area contributed by atoms with Crippen LogP contribution in [0.4, 0.5) is 0 Å². The average molecular weight is 625 g/mol. The largest absolute Gasteiger partial charge is 0.405 e. The molecule has 0 aromatic heterocycles. The highest BCUT2D eigenvalue weighted by molar-refractivity contribution is 6.99. The molecular formula is C40H40N2O3Si. The van der Waals surface area contributed by atoms with Crippen molar-refractivity contribution in [2.45, 2.75) is 37.4 Å². The summed E-state index contributed by atoms with van der Waals surface area (Å²) in [4.78, 5) is 29.4. The molecular weight excluding hydrogens is 585 g/mol. The summed E-state index contributed by atoms with van der Waals surface area (Å²) in [6.45, 7) is 6.80. The Morgan fingerprint density at radius 1 is 0.652 bits per heavy atom. The molecule has 2 atom stereocenters. The van der Waals surface area contributed by atoms with E-state index in [2.05, 4.69) is 45.0 Å². The van der Waals surface area contributed by atoms with Gasteiger partial charge in [0, 0.05) is 0 Å². The van der Waals surface area contributed by atoms with E-state index in [1.165, 1.54) is 0 Å². The number of likely N-dealkylation sites (tertiary alicyclic amines) is 1. The number of β-lactam (4-membered cyclic amide) rings is 1. The van der Waals surface area contributed by atoms with E-state index in [0.29, 0.717) is 0 Å². The molecule has 1 aliphatic rings. The Labute approximate surface area is 272 Å². The second-order valence-corrected chi connectivity index (χ2v) is 17.2. The molecule has 6 rings (SSSR count). The van der Waals surface area contributed by atoms with Gasteiger partial charge in [-0.15, -0.1) is 0 Å². The van der Waals surface area contributed by atoms with Crippen LogP contribution in [0, 0.1) is 5.92 Å². The first-order valence-corrected chi connectivity index (χ1v) is 17.7. The molecule has 1 aliphatic heterocycles. The summed E-state index contributed by atoms with van der Waals surface area (Å²) in [7, 11) is -3.00. The van der Waals surface area contributed by atoms with Gasteiger partial charge in [-0.25, -0.2) is 0 Å². The van der Waals surface area contributed by atoms with E-state index < -0.39 is 31.7 Å². The van der Waals surface area contributed by atoms with Crippen molar-refractivity contribution in [3.8, 4) is 0 Å². The highest BCUT2D eigenvalue weighted by Crippen LogP contribution is 2.49. The fourth-order valence-corrected chi connectivity index (χ4v) is 11.9. The van der Waals surface area contributed by atoms with Crippen LogP contribution in [-0.2, 0) is 19.6 Å². The van der Waals surface area contributed by atoms with Crippen molar-refractivity contribution in [3.63, 3.8) is 0 Å². The third-order valence-electron chi connectivity index (χ3n) is 9.35. The van der Waals surface area contributed by atoms with Crippen LogP contribution in [0.5, 0.6) is 0 Å². The first-order chi connectivity index (χ1) is 22.2. The zero-order valence-electron chi connectivity index (χ0n) is 26.5. The molecule has 0 unspecified atom stereocenters. The van der Waals surface area contributed by atoms with Crippen LogP contribution in [0.3, 0.4) is 0 Å². The number of benzene rings is 5. The van der Waals surface area contributed by atoms with Gasteiger partial charge in [0.15, 0.2) is 0 Å². The minimum Gasteiger partial charge on any atom is -0.405 e. The van der Waals surface area contributed by atoms with E-state index in [9.17, 15) is 9.59 Å². The van der Waals surface area contributed by atoms with Crippen LogP contribution >= 0.6 is 0 Å². The number of nitrogens with zero attached hydrogens (tertiary/aromatic N) is 1. The maximum atomic E-state index is 14.4. The lowest BCUT2D eigenvalue weighted by Crippen LogP contribution is -2.74. The third-order valence-corrected chi connectivity index (χ3v) is 14.4. The monoisotopic (exact) mass is 624 g/mol. The summed E-state index contributed by atoms with van der Waals surface area (Å²) >= 11 is 0. The summed E-state index contributed by atoms with van der Waals surface area (Å²) in [5, 5.41) is 1.97. The van der Waals surface area contributed by atoms with Gasteiger partial charge in [0.25, 0.3) is 8.32 Å². The number of carbonyl (C=O) groups excluding carboxylic acids is 2. The van der Waals surface area contributed by atoms with E-state index in [0.717, 1.165) is 27.1 Å². The zero-order valence-corrected chi connectivity index (χ0v) is 27.5. The lowest BCUT2D eigenvalue weighted by Gasteiger charge is -2.57. The minimum atomic E-state index is -3.00. The molecule has 1 heterocycles. The van der Waals surface area contributed by atoms with Crippen molar-refractivity contribution < 1.29 is 14.0 Å². The van der Waals surface area contributed by atoms with E-state index in [4.69, 9.17) is 10.2 Å². The first kappa shape index (κ1) is 31.2. The SMILES string of the molecule is CC(C)(C)[Si](OC[C@H]1[C@H](C(N)=O)C(=O)N1C(c1ccccc1)(c1ccccc1)c1ccccc1)(c1ccccc1)c1ccccc1. The maximum Gasteiger partial charge on any atom is 0.261 e. The second-order valence-electron chi connectivity index (χ2n) is 12.9. The number of amides is 2. The van der Waals surface area contributed by atoms with Crippen LogP contribution in [0.2, 0.25) is 5.04 Å². The molecule has 5 aromatic carbocycles. The molecule has 0 spiro atoms. The Morgan fingerprint density at radius 2 is 1.00 bits per heavy atom. The number of hydrogen-bond acceptors (Lipinski definition) is 3. The predicted octanol–water partition coefficient (Wildman–Crippen LogP) is 5.87. The van der Waals surface area contributed by atoms with Gasteiger partial charge in [-0.3, -0.25) is 9.59 Å². The molecule has 0 saturated carbocycles. The Kier molecular flexibility index (Phi) is 8.51. The first-order valence-electron chi connectivity index (χ1n) is 15.8. The van der Waals surface area contributed by atoms with Crippen molar-refractivity contribution in [2.75, 3.05) is 6.61 Å². The smallest absolute Gasteiger partial charge is 0.261 e. The minimum absolute atomic E-state index is 0.140. The average Bonchev–Trinajstić information content (AvgIpc) is 3.08. The molecule has 0 aliphatic carbocycles. The Bertz CT molecular complexity index is 1640. The third kappa shape index (κ3) is 5.08. The maximum absolute atomic E-state index is 14.4. The summed E-state index contributed by atoms with van der Waals surface area (Å²) in [5.41, 5.74) is 7.73. The molecule has 1 saturated heterocycles. The van der Waals surface area contributed by atoms with Gasteiger partial charge in [-0.1, -0.05) is 172 Å². The van der Waals surface area contributed by atoms with E-state index in [-0.39, 0.29) is 17.6 Å². The van der Waals surface area contributed by atoms with Crippen LogP contribution in [0.25, 0.3) is 0 Å². The summed E-state index contributed by atoms with van der Waals surface area (Å²) in [6.07, 6.45) is 0. The van der Waals surface area contributed by atoms with Crippen LogP contribution in [-0.4, -0.2) is 37.7 Å². The predicted molar refractivity (Wildman–Crippen MR) is 186 cm³/mol. The van der Waals surface area contributed by atoms with Gasteiger partial charge in [-0.2, -0.15) is 0 Å². The second kappa shape index (κ2) is 12.5. The van der Waals surface area contributed by atoms with Crippen molar-refractivity contribution in [3.05, 3.63) is 168 Å². The topological polar surface area (TPSA) is 72.6 Å². The van der Waals surface area contributed by atoms with Gasteiger partial charge >= 0.3 is 0 Å². The standard InChI is InChI=1S/C40H40N2O3Si/c1-39(2,3)46(33-25-15-7-16-26-33,34-27-17-8-18-28-34)45-29-35-36(37(41)43)38(44)42(35)40(30-19-9-4-10-20-30,31-21-11-5-12-22-31)32-23-13-6-14-24-32/h4-28,35-36H,29H2,1-3H3,(H2,41,43)/t35-,36+/m0/s1. The highest BCUT2D eigenvalue weighted by atomic mass is 28.4. The van der Waals surface area contributed by atoms with Gasteiger partial charge in [0.05, 0.1) is 12.6 Å². The molecule has 5 nitrogen and oxygen atoms in total. The van der Waals surface area contributed by atoms with Gasteiger partial charge in [0.2, 0.25) is 11.8 Å². The summed E-state index contributed by atoms with van der Waals surface area (Å²) in [6, 6.07) is 50.3. The van der Waals surface area contributed by atoms with Crippen molar-refractivity contribution in [2.24, 2.45) is 11.7 Å². The van der Waals surface area contributed by atoms with Crippen molar-refractivity contribution in [1.82, 2.24) is 4.90 Å². The molecule has 46 heavy (non-hydrogen) atoms. The van der Waals surface area contributed by atoms with Crippen LogP contribution in [0.15, 0.2) is 152 Å². The molecule has 6 heteroatoms. The quantitative estimate of drug-likeness (QED) is 0.0915. The van der Waals surface area contributed by atoms with Crippen LogP contribution < -0.4 is 16.1 Å². The fraction of sp³-hybridized carbons (Fsp3) is 0.200. The number of hydrogen-bond donors (Lipinski definition) is 1. The lowest BCUT2D eigenvalue weighted by atomic mass is 9.70. The number of nitrogens with two attached hydrogens (primary N) is 1. The summed E-state index contributed by atoms with van der Waals surface area (Å²) in [5.74, 6) is -1.96. The number of primary amides is 1. The molecule has 2 N–H and O–H groups in total. The molecule has 1 fully saturated rings. The van der Waals surface area contributed by atoms with Gasteiger partial charge in [-0.05, 0) is 32.1 Å². The zero-order chi connectivity index (χ0) is 32.4. The molecule has 232 valence electrons. The summed E-state index contributed by atoms with van der Waals surface area (Å²) < 4.78 is 7.37. The van der Waals surface area contributed by atoms with Gasteiger partial charge < -0.3 is 15.1 Å². The van der Waals surface area contributed by atoms with E-state index in [1.807, 2.05) is 132 Å². The Balaban J connectivity index is 1.56. The fourth-order valence-electron chi connectivity index (χ4n) is 7.37. The highest BCUT2D eigenvalue weighted by Gasteiger charge is 2.61. The molecule has 0 radical (unpaired) electrons. The normalized spacial score (nSPS) is 16.9. The van der Waals surface area contributed by atoms with E-state index in [1.54, 1.807) is 0 Å². The molecule has 5 aromatic rings. The van der Waals surface area contributed by atoms with Crippen molar-refractivity contribution >= 4 is 30.5 Å². The van der Waals surface area contributed by atoms with Gasteiger partial charge in [0.1, 0.15) is 11.5 Å². The number of carbonyl (C=O) groups is 2. The Morgan fingerprint density at radius 3 is 1.33 bits per heavy atom. The Hall–Kier alpha value is -4.78. The number of rotatable bonds is 10.